The van der Waals surface area contributed by atoms with Crippen LogP contribution in [0.5, 0.6) is 0 Å². The van der Waals surface area contributed by atoms with Crippen LogP contribution in [0.4, 0.5) is 14.5 Å². The maximum atomic E-state index is 13.4. The van der Waals surface area contributed by atoms with Gasteiger partial charge in [-0.25, -0.2) is 13.0 Å². The average molecular weight is 473 g/mol. The zero-order chi connectivity index (χ0) is 22.8. The minimum atomic E-state index is -1.84. The van der Waals surface area contributed by atoms with Gasteiger partial charge in [0.25, 0.3) is 5.91 Å². The van der Waals surface area contributed by atoms with Crippen molar-refractivity contribution in [1.29, 1.82) is 0 Å². The van der Waals surface area contributed by atoms with Gasteiger partial charge in [-0.2, -0.15) is 0 Å². The maximum absolute atomic E-state index is 13.4. The number of Topliss-reactive ketones (excluding diaryl/α,β-unsaturated/α-hetero) is 1. The van der Waals surface area contributed by atoms with E-state index < -0.39 is 28.5 Å². The Labute approximate surface area is 189 Å². The van der Waals surface area contributed by atoms with Crippen LogP contribution in [-0.2, 0) is 17.5 Å². The number of rotatable bonds is 4. The van der Waals surface area contributed by atoms with E-state index in [1.807, 2.05) is 0 Å². The molecule has 1 aliphatic rings. The molecule has 1 amide bonds. The summed E-state index contributed by atoms with van der Waals surface area (Å²) in [6.45, 7) is 0.183. The van der Waals surface area contributed by atoms with Crippen LogP contribution >= 0.6 is 11.6 Å². The van der Waals surface area contributed by atoms with Crippen LogP contribution in [0, 0.1) is 11.6 Å². The molecule has 9 heteroatoms. The van der Waals surface area contributed by atoms with Crippen LogP contribution in [-0.4, -0.2) is 15.9 Å². The highest BCUT2D eigenvalue weighted by atomic mass is 35.5. The van der Waals surface area contributed by atoms with Gasteiger partial charge >= 0.3 is 0 Å². The SMILES string of the molecule is O=C(NCc1ccc(F)cc1)c1ccc2c(c1)C(=O)/C(=C/c1ccc(F)c(Cl)c1)S(=O)N2. The summed E-state index contributed by atoms with van der Waals surface area (Å²) in [4.78, 5) is 25.5. The monoisotopic (exact) mass is 472 g/mol. The molecule has 0 saturated heterocycles. The van der Waals surface area contributed by atoms with Crippen LogP contribution < -0.4 is 10.0 Å². The minimum absolute atomic E-state index is 0.0518. The summed E-state index contributed by atoms with van der Waals surface area (Å²) in [6, 6.07) is 14.0. The number of anilines is 1. The first-order valence-electron chi connectivity index (χ1n) is 9.38. The number of nitrogens with one attached hydrogen (secondary N) is 2. The first kappa shape index (κ1) is 21.9. The van der Waals surface area contributed by atoms with Gasteiger partial charge in [-0.05, 0) is 59.7 Å². The Balaban J connectivity index is 1.57. The lowest BCUT2D eigenvalue weighted by Gasteiger charge is -2.19. The number of halogens is 3. The predicted octanol–water partition coefficient (Wildman–Crippen LogP) is 4.86. The minimum Gasteiger partial charge on any atom is -0.348 e. The lowest BCUT2D eigenvalue weighted by atomic mass is 10.0. The van der Waals surface area contributed by atoms with E-state index in [-0.39, 0.29) is 33.4 Å². The molecule has 3 aromatic carbocycles. The van der Waals surface area contributed by atoms with Gasteiger partial charge in [0.15, 0.2) is 11.0 Å². The van der Waals surface area contributed by atoms with Gasteiger partial charge < -0.3 is 10.0 Å². The zero-order valence-corrected chi connectivity index (χ0v) is 17.9. The third-order valence-electron chi connectivity index (χ3n) is 4.76. The molecular weight excluding hydrogens is 458 g/mol. The summed E-state index contributed by atoms with van der Waals surface area (Å²) in [7, 11) is -1.84. The third kappa shape index (κ3) is 4.61. The van der Waals surface area contributed by atoms with Crippen LogP contribution in [0.2, 0.25) is 5.02 Å². The van der Waals surface area contributed by atoms with Gasteiger partial charge in [0.1, 0.15) is 16.5 Å². The van der Waals surface area contributed by atoms with Gasteiger partial charge in [0, 0.05) is 17.7 Å². The molecule has 1 aliphatic heterocycles. The van der Waals surface area contributed by atoms with E-state index in [0.717, 1.165) is 6.07 Å². The average Bonchev–Trinajstić information content (AvgIpc) is 2.78. The molecule has 1 heterocycles. The van der Waals surface area contributed by atoms with Crippen molar-refractivity contribution in [2.45, 2.75) is 6.54 Å². The van der Waals surface area contributed by atoms with E-state index in [2.05, 4.69) is 10.0 Å². The second-order valence-corrected chi connectivity index (χ2v) is 8.54. The maximum Gasteiger partial charge on any atom is 0.251 e. The van der Waals surface area contributed by atoms with E-state index in [9.17, 15) is 22.6 Å². The molecule has 0 saturated carbocycles. The summed E-state index contributed by atoms with van der Waals surface area (Å²) in [5, 5.41) is 2.59. The Morgan fingerprint density at radius 3 is 2.53 bits per heavy atom. The molecule has 32 heavy (non-hydrogen) atoms. The van der Waals surface area contributed by atoms with Gasteiger partial charge in [-0.1, -0.05) is 29.8 Å². The number of carbonyl (C=O) groups is 2. The van der Waals surface area contributed by atoms with Gasteiger partial charge in [0.2, 0.25) is 5.78 Å². The van der Waals surface area contributed by atoms with Crippen molar-refractivity contribution < 1.29 is 22.6 Å². The molecule has 1 atom stereocenters. The number of allylic oxidation sites excluding steroid dienone is 1. The van der Waals surface area contributed by atoms with Gasteiger partial charge in [0.05, 0.1) is 10.7 Å². The Bertz CT molecular complexity index is 1290. The summed E-state index contributed by atoms with van der Waals surface area (Å²) >= 11 is 5.78. The molecule has 4 rings (SSSR count). The number of amides is 1. The lowest BCUT2D eigenvalue weighted by molar-refractivity contribution is 0.0951. The molecule has 162 valence electrons. The highest BCUT2D eigenvalue weighted by Gasteiger charge is 2.28. The molecule has 0 bridgehead atoms. The number of hydrogen-bond acceptors (Lipinski definition) is 3. The topological polar surface area (TPSA) is 75.3 Å². The van der Waals surface area contributed by atoms with Crippen molar-refractivity contribution >= 4 is 46.0 Å². The van der Waals surface area contributed by atoms with Crippen molar-refractivity contribution in [3.05, 3.63) is 104 Å². The Morgan fingerprint density at radius 2 is 1.81 bits per heavy atom. The highest BCUT2D eigenvalue weighted by Crippen LogP contribution is 2.30. The predicted molar refractivity (Wildman–Crippen MR) is 119 cm³/mol. The number of carbonyl (C=O) groups excluding carboxylic acids is 2. The molecule has 2 N–H and O–H groups in total. The largest absolute Gasteiger partial charge is 0.348 e. The normalized spacial score (nSPS) is 16.4. The van der Waals surface area contributed by atoms with Crippen molar-refractivity contribution in [3.63, 3.8) is 0 Å². The van der Waals surface area contributed by atoms with Gasteiger partial charge in [-0.15, -0.1) is 0 Å². The molecule has 0 aromatic heterocycles. The quantitative estimate of drug-likeness (QED) is 0.532. The number of hydrogen-bond donors (Lipinski definition) is 2. The summed E-state index contributed by atoms with van der Waals surface area (Å²) < 4.78 is 41.6. The Hall–Kier alpha value is -3.36. The molecule has 0 aliphatic carbocycles. The number of benzene rings is 3. The van der Waals surface area contributed by atoms with Crippen LogP contribution in [0.3, 0.4) is 0 Å². The fourth-order valence-corrected chi connectivity index (χ4v) is 4.29. The molecule has 0 fully saturated rings. The van der Waals surface area contributed by atoms with Crippen molar-refractivity contribution in [2.75, 3.05) is 4.72 Å². The van der Waals surface area contributed by atoms with E-state index in [1.54, 1.807) is 12.1 Å². The fraction of sp³-hybridized carbons (Fsp3) is 0.0435. The standard InChI is InChI=1S/C23H15ClF2N2O3S/c24-18-9-14(3-7-19(18)26)10-21-22(29)17-11-15(4-8-20(17)28-32(21)31)23(30)27-12-13-1-5-16(25)6-2-13/h1-11,28H,12H2,(H,27,30)/b21-10-. The van der Waals surface area contributed by atoms with Crippen molar-refractivity contribution in [3.8, 4) is 0 Å². The van der Waals surface area contributed by atoms with E-state index >= 15 is 0 Å². The van der Waals surface area contributed by atoms with Crippen LogP contribution in [0.15, 0.2) is 65.6 Å². The number of fused-ring (bicyclic) bond motifs is 1. The van der Waals surface area contributed by atoms with E-state index in [0.29, 0.717) is 16.8 Å². The molecule has 3 aromatic rings. The first-order valence-corrected chi connectivity index (χ1v) is 10.9. The second-order valence-electron chi connectivity index (χ2n) is 6.95. The lowest BCUT2D eigenvalue weighted by Crippen LogP contribution is -2.25. The van der Waals surface area contributed by atoms with E-state index in [1.165, 1.54) is 48.5 Å². The summed E-state index contributed by atoms with van der Waals surface area (Å²) in [5.41, 5.74) is 1.87. The Kier molecular flexibility index (Phi) is 6.16. The first-order chi connectivity index (χ1) is 15.3. The van der Waals surface area contributed by atoms with Gasteiger partial charge in [-0.3, -0.25) is 9.59 Å². The fourth-order valence-electron chi connectivity index (χ4n) is 3.09. The molecule has 1 unspecified atom stereocenters. The smallest absolute Gasteiger partial charge is 0.251 e. The summed E-state index contributed by atoms with van der Waals surface area (Å²) in [5.74, 6) is -1.92. The van der Waals surface area contributed by atoms with Crippen molar-refractivity contribution in [2.24, 2.45) is 0 Å². The van der Waals surface area contributed by atoms with Crippen LogP contribution in [0.25, 0.3) is 6.08 Å². The zero-order valence-electron chi connectivity index (χ0n) is 16.3. The summed E-state index contributed by atoms with van der Waals surface area (Å²) in [6.07, 6.45) is 1.36. The van der Waals surface area contributed by atoms with E-state index in [4.69, 9.17) is 11.6 Å². The highest BCUT2D eigenvalue weighted by molar-refractivity contribution is 7.91. The number of ketones is 1. The molecular formula is C23H15ClF2N2O3S. The van der Waals surface area contributed by atoms with Crippen LogP contribution in [0.1, 0.15) is 31.8 Å². The van der Waals surface area contributed by atoms with Crippen molar-refractivity contribution in [1.82, 2.24) is 5.32 Å². The second kappa shape index (κ2) is 9.02. The molecule has 5 nitrogen and oxygen atoms in total. The molecule has 0 spiro atoms. The third-order valence-corrected chi connectivity index (χ3v) is 6.16. The molecule has 0 radical (unpaired) electrons. The Morgan fingerprint density at radius 1 is 1.06 bits per heavy atom.